The van der Waals surface area contributed by atoms with Crippen molar-refractivity contribution in [1.29, 1.82) is 0 Å². The highest BCUT2D eigenvalue weighted by atomic mass is 32.1. The minimum absolute atomic E-state index is 0.0816. The minimum Gasteiger partial charge on any atom is -0.508 e. The summed E-state index contributed by atoms with van der Waals surface area (Å²) in [6.07, 6.45) is 0.442. The third kappa shape index (κ3) is 2.76. The fourth-order valence-electron chi connectivity index (χ4n) is 2.17. The Labute approximate surface area is 117 Å². The Morgan fingerprint density at radius 1 is 1.37 bits per heavy atom. The second-order valence-corrected chi connectivity index (χ2v) is 4.85. The van der Waals surface area contributed by atoms with Crippen molar-refractivity contribution >= 4 is 23.1 Å². The lowest BCUT2D eigenvalue weighted by molar-refractivity contribution is -0.115. The molecule has 1 heterocycles. The number of benzene rings is 1. The molecule has 1 aliphatic heterocycles. The number of Topliss-reactive ketones (excluding diaryl/α,β-unsaturated/α-hetero) is 1. The molecule has 0 aromatic heterocycles. The number of ketones is 1. The molecule has 0 saturated carbocycles. The minimum atomic E-state index is -0.262. The maximum absolute atomic E-state index is 12.1. The number of carbonyl (C=O) groups is 1. The van der Waals surface area contributed by atoms with Crippen molar-refractivity contribution in [2.75, 3.05) is 0 Å². The molecule has 0 spiro atoms. The molecule has 100 valence electrons. The zero-order chi connectivity index (χ0) is 14.0. The van der Waals surface area contributed by atoms with Crippen molar-refractivity contribution in [3.05, 3.63) is 41.1 Å². The van der Waals surface area contributed by atoms with Crippen LogP contribution in [0, 0.1) is 0 Å². The molecular formula is C14H16N2O2S. The molecule has 1 atom stereocenters. The average molecular weight is 276 g/mol. The molecule has 0 saturated heterocycles. The molecule has 5 heteroatoms. The van der Waals surface area contributed by atoms with Crippen LogP contribution < -0.4 is 10.6 Å². The standard InChI is InChI=1S/C14H16N2O2S/c1-3-11(18)12-8(2)15-14(19)16-13(12)9-4-6-10(17)7-5-9/h4-7,13,17H,3H2,1-2H3,(H2,15,16,19). The largest absolute Gasteiger partial charge is 0.508 e. The van der Waals surface area contributed by atoms with Crippen LogP contribution in [0.15, 0.2) is 35.5 Å². The summed E-state index contributed by atoms with van der Waals surface area (Å²) < 4.78 is 0. The van der Waals surface area contributed by atoms with Gasteiger partial charge in [-0.15, -0.1) is 0 Å². The zero-order valence-electron chi connectivity index (χ0n) is 10.9. The van der Waals surface area contributed by atoms with E-state index in [2.05, 4.69) is 10.6 Å². The van der Waals surface area contributed by atoms with Crippen LogP contribution in [0.3, 0.4) is 0 Å². The molecule has 19 heavy (non-hydrogen) atoms. The topological polar surface area (TPSA) is 61.4 Å². The van der Waals surface area contributed by atoms with E-state index in [9.17, 15) is 9.90 Å². The van der Waals surface area contributed by atoms with Gasteiger partial charge in [-0.25, -0.2) is 0 Å². The highest BCUT2D eigenvalue weighted by Gasteiger charge is 2.28. The van der Waals surface area contributed by atoms with Gasteiger partial charge in [0, 0.05) is 17.7 Å². The number of nitrogens with one attached hydrogen (secondary N) is 2. The van der Waals surface area contributed by atoms with E-state index >= 15 is 0 Å². The van der Waals surface area contributed by atoms with Crippen LogP contribution in [0.5, 0.6) is 5.75 Å². The summed E-state index contributed by atoms with van der Waals surface area (Å²) in [4.78, 5) is 12.1. The summed E-state index contributed by atoms with van der Waals surface area (Å²) in [6.45, 7) is 3.69. The Kier molecular flexibility index (Phi) is 3.85. The van der Waals surface area contributed by atoms with Crippen molar-refractivity contribution in [3.8, 4) is 5.75 Å². The monoisotopic (exact) mass is 276 g/mol. The van der Waals surface area contributed by atoms with Gasteiger partial charge in [0.2, 0.25) is 0 Å². The van der Waals surface area contributed by atoms with Crippen molar-refractivity contribution in [3.63, 3.8) is 0 Å². The molecule has 1 unspecified atom stereocenters. The molecule has 0 amide bonds. The Morgan fingerprint density at radius 3 is 2.58 bits per heavy atom. The molecule has 0 bridgehead atoms. The van der Waals surface area contributed by atoms with Gasteiger partial charge in [-0.1, -0.05) is 19.1 Å². The molecule has 4 nitrogen and oxygen atoms in total. The fraction of sp³-hybridized carbons (Fsp3) is 0.286. The SMILES string of the molecule is CCC(=O)C1=C(C)NC(=S)NC1c1ccc(O)cc1. The number of hydrogen-bond donors (Lipinski definition) is 3. The number of rotatable bonds is 3. The smallest absolute Gasteiger partial charge is 0.171 e. The summed E-state index contributed by atoms with van der Waals surface area (Å²) in [5.74, 6) is 0.280. The summed E-state index contributed by atoms with van der Waals surface area (Å²) in [5.41, 5.74) is 2.38. The third-order valence-corrected chi connectivity index (χ3v) is 3.34. The van der Waals surface area contributed by atoms with Crippen LogP contribution in [0.2, 0.25) is 0 Å². The van der Waals surface area contributed by atoms with E-state index in [1.165, 1.54) is 0 Å². The Morgan fingerprint density at radius 2 is 2.00 bits per heavy atom. The van der Waals surface area contributed by atoms with Crippen molar-refractivity contribution < 1.29 is 9.90 Å². The number of carbonyl (C=O) groups excluding carboxylic acids is 1. The lowest BCUT2D eigenvalue weighted by Crippen LogP contribution is -2.44. The van der Waals surface area contributed by atoms with Gasteiger partial charge in [0.1, 0.15) is 5.75 Å². The molecule has 0 fully saturated rings. The van der Waals surface area contributed by atoms with Gasteiger partial charge in [0.05, 0.1) is 6.04 Å². The van der Waals surface area contributed by atoms with E-state index in [-0.39, 0.29) is 17.6 Å². The highest BCUT2D eigenvalue weighted by Crippen LogP contribution is 2.28. The molecule has 3 N–H and O–H groups in total. The number of phenols is 1. The first-order chi connectivity index (χ1) is 9.02. The van der Waals surface area contributed by atoms with E-state index in [1.807, 2.05) is 13.8 Å². The molecule has 1 aromatic rings. The van der Waals surface area contributed by atoms with Crippen LogP contribution in [0.1, 0.15) is 31.9 Å². The van der Waals surface area contributed by atoms with Gasteiger partial charge in [0.15, 0.2) is 10.9 Å². The molecule has 2 rings (SSSR count). The first kappa shape index (κ1) is 13.5. The van der Waals surface area contributed by atoms with E-state index in [1.54, 1.807) is 24.3 Å². The van der Waals surface area contributed by atoms with Crippen LogP contribution in [0.4, 0.5) is 0 Å². The zero-order valence-corrected chi connectivity index (χ0v) is 11.7. The number of hydrogen-bond acceptors (Lipinski definition) is 3. The number of allylic oxidation sites excluding steroid dienone is 1. The van der Waals surface area contributed by atoms with Crippen molar-refractivity contribution in [2.45, 2.75) is 26.3 Å². The quantitative estimate of drug-likeness (QED) is 0.739. The van der Waals surface area contributed by atoms with Crippen molar-refractivity contribution in [2.24, 2.45) is 0 Å². The van der Waals surface area contributed by atoms with Crippen LogP contribution in [-0.4, -0.2) is 16.0 Å². The van der Waals surface area contributed by atoms with Gasteiger partial charge in [-0.05, 0) is 36.8 Å². The van der Waals surface area contributed by atoms with E-state index in [0.717, 1.165) is 11.3 Å². The summed E-state index contributed by atoms with van der Waals surface area (Å²) in [6, 6.07) is 6.52. The lowest BCUT2D eigenvalue weighted by atomic mass is 9.91. The van der Waals surface area contributed by atoms with Gasteiger partial charge in [0.25, 0.3) is 0 Å². The fourth-order valence-corrected chi connectivity index (χ4v) is 2.44. The lowest BCUT2D eigenvalue weighted by Gasteiger charge is -2.30. The van der Waals surface area contributed by atoms with Crippen molar-refractivity contribution in [1.82, 2.24) is 10.6 Å². The first-order valence-corrected chi connectivity index (χ1v) is 6.54. The first-order valence-electron chi connectivity index (χ1n) is 6.13. The van der Waals surface area contributed by atoms with E-state index in [0.29, 0.717) is 17.1 Å². The molecule has 0 radical (unpaired) electrons. The van der Waals surface area contributed by atoms with Gasteiger partial charge >= 0.3 is 0 Å². The molecule has 0 aliphatic carbocycles. The second kappa shape index (κ2) is 5.40. The van der Waals surface area contributed by atoms with Gasteiger partial charge in [-0.3, -0.25) is 4.79 Å². The van der Waals surface area contributed by atoms with Crippen LogP contribution >= 0.6 is 12.2 Å². The highest BCUT2D eigenvalue weighted by molar-refractivity contribution is 7.80. The maximum atomic E-state index is 12.1. The Balaban J connectivity index is 2.46. The van der Waals surface area contributed by atoms with Crippen LogP contribution in [-0.2, 0) is 4.79 Å². The summed E-state index contributed by atoms with van der Waals surface area (Å²) >= 11 is 5.14. The van der Waals surface area contributed by atoms with E-state index < -0.39 is 0 Å². The second-order valence-electron chi connectivity index (χ2n) is 4.44. The molecule has 1 aliphatic rings. The number of aromatic hydroxyl groups is 1. The Hall–Kier alpha value is -1.88. The number of phenolic OH excluding ortho intramolecular Hbond substituents is 1. The normalized spacial score (nSPS) is 18.8. The van der Waals surface area contributed by atoms with Crippen LogP contribution in [0.25, 0.3) is 0 Å². The molecule has 1 aromatic carbocycles. The van der Waals surface area contributed by atoms with Gasteiger partial charge < -0.3 is 15.7 Å². The predicted molar refractivity (Wildman–Crippen MR) is 77.7 cm³/mol. The van der Waals surface area contributed by atoms with E-state index in [4.69, 9.17) is 12.2 Å². The third-order valence-electron chi connectivity index (χ3n) is 3.12. The summed E-state index contributed by atoms with van der Waals surface area (Å²) in [7, 11) is 0. The number of thiocarbonyl (C=S) groups is 1. The summed E-state index contributed by atoms with van der Waals surface area (Å²) in [5, 5.41) is 15.9. The average Bonchev–Trinajstić information content (AvgIpc) is 2.38. The Bertz CT molecular complexity index is 549. The maximum Gasteiger partial charge on any atom is 0.171 e. The predicted octanol–water partition coefficient (Wildman–Crippen LogP) is 2.16. The van der Waals surface area contributed by atoms with Gasteiger partial charge in [-0.2, -0.15) is 0 Å². The molecular weight excluding hydrogens is 260 g/mol.